The summed E-state index contributed by atoms with van der Waals surface area (Å²) in [6.07, 6.45) is -7.25. The number of hydrogen-bond donors (Lipinski definition) is 5. The van der Waals surface area contributed by atoms with Gasteiger partial charge >= 0.3 is 5.97 Å². The molecule has 0 aromatic heterocycles. The minimum atomic E-state index is -1.94. The second kappa shape index (κ2) is 12.5. The lowest BCUT2D eigenvalue weighted by Gasteiger charge is -2.62. The largest absolute Gasteiger partial charge is 0.459 e. The molecule has 15 atom stereocenters. The fourth-order valence-electron chi connectivity index (χ4n) is 7.72. The molecule has 4 aliphatic rings. The molecule has 0 saturated carbocycles. The third-order valence-electron chi connectivity index (χ3n) is 11.1. The number of methoxy groups -OCH3 is 1. The van der Waals surface area contributed by atoms with Crippen molar-refractivity contribution in [2.75, 3.05) is 21.2 Å². The highest BCUT2D eigenvalue weighted by molar-refractivity contribution is 5.83. The number of esters is 1. The fourth-order valence-corrected chi connectivity index (χ4v) is 7.72. The Hall–Kier alpha value is -1.22. The molecule has 12 heteroatoms. The molecule has 0 radical (unpaired) electrons. The lowest BCUT2D eigenvalue weighted by atomic mass is 9.73. The monoisotopic (exact) mass is 618 g/mol. The van der Waals surface area contributed by atoms with Crippen LogP contribution in [0.25, 0.3) is 0 Å². The van der Waals surface area contributed by atoms with E-state index >= 15 is 0 Å². The zero-order chi connectivity index (χ0) is 33.0. The van der Waals surface area contributed by atoms with Gasteiger partial charge in [-0.3, -0.25) is 14.1 Å². The maximum atomic E-state index is 13.7. The van der Waals surface area contributed by atoms with Crippen LogP contribution in [0.1, 0.15) is 74.7 Å². The van der Waals surface area contributed by atoms with Gasteiger partial charge in [-0.05, 0) is 40.5 Å². The first-order valence-corrected chi connectivity index (χ1v) is 15.6. The van der Waals surface area contributed by atoms with Crippen molar-refractivity contribution in [1.29, 1.82) is 0 Å². The maximum absolute atomic E-state index is 13.7. The maximum Gasteiger partial charge on any atom is 0.311 e. The van der Waals surface area contributed by atoms with Crippen molar-refractivity contribution in [1.82, 2.24) is 0 Å². The van der Waals surface area contributed by atoms with Crippen LogP contribution in [0.4, 0.5) is 0 Å². The number of rotatable bonds is 4. The van der Waals surface area contributed by atoms with E-state index in [1.807, 2.05) is 6.92 Å². The minimum absolute atomic E-state index is 0.0296. The average molecular weight is 619 g/mol. The van der Waals surface area contributed by atoms with Gasteiger partial charge in [0.1, 0.15) is 23.5 Å². The molecule has 0 aromatic carbocycles. The molecule has 0 aliphatic carbocycles. The van der Waals surface area contributed by atoms with Crippen LogP contribution in [0.3, 0.4) is 0 Å². The van der Waals surface area contributed by atoms with Gasteiger partial charge in [0.2, 0.25) is 6.29 Å². The number of likely N-dealkylation sites (N-methyl/N-ethyl adjacent to an activating group) is 1. The number of Topliss-reactive ketones (excluding diaryl/α,β-unsaturated/α-hetero) is 1. The van der Waals surface area contributed by atoms with E-state index in [2.05, 4.69) is 0 Å². The molecular formula is C31H56NO11+. The van der Waals surface area contributed by atoms with Crippen LogP contribution in [-0.4, -0.2) is 129 Å². The van der Waals surface area contributed by atoms with E-state index in [-0.39, 0.29) is 35.3 Å². The van der Waals surface area contributed by atoms with Crippen LogP contribution in [0.5, 0.6) is 0 Å². The number of aliphatic hydroxyl groups is 5. The van der Waals surface area contributed by atoms with Gasteiger partial charge in [0.25, 0.3) is 5.72 Å². The second-order valence-electron chi connectivity index (χ2n) is 14.4. The molecule has 4 aliphatic heterocycles. The molecule has 0 spiro atoms. The van der Waals surface area contributed by atoms with E-state index in [0.29, 0.717) is 6.42 Å². The number of fused-ring (bicyclic) bond motifs is 3. The first-order chi connectivity index (χ1) is 19.6. The van der Waals surface area contributed by atoms with Gasteiger partial charge in [-0.25, -0.2) is 0 Å². The van der Waals surface area contributed by atoms with Crippen LogP contribution >= 0.6 is 0 Å². The number of quaternary nitrogens is 1. The Bertz CT molecular complexity index is 1020. The van der Waals surface area contributed by atoms with Crippen molar-refractivity contribution in [3.8, 4) is 0 Å². The summed E-state index contributed by atoms with van der Waals surface area (Å²) in [5.41, 5.74) is -5.06. The normalized spacial score (nSPS) is 51.5. The zero-order valence-electron chi connectivity index (χ0n) is 27.7. The molecule has 4 heterocycles. The summed E-state index contributed by atoms with van der Waals surface area (Å²) in [6.45, 7) is 13.0. The molecule has 250 valence electrons. The highest BCUT2D eigenvalue weighted by atomic mass is 16.7. The molecule has 4 rings (SSSR count). The topological polar surface area (TPSA) is 172 Å². The van der Waals surface area contributed by atoms with Crippen LogP contribution in [0, 0.1) is 23.7 Å². The minimum Gasteiger partial charge on any atom is -0.459 e. The molecule has 4 fully saturated rings. The van der Waals surface area contributed by atoms with Crippen molar-refractivity contribution in [2.24, 2.45) is 23.7 Å². The highest BCUT2D eigenvalue weighted by Crippen LogP contribution is 2.50. The molecule has 12 nitrogen and oxygen atoms in total. The average Bonchev–Trinajstić information content (AvgIpc) is 3.10. The smallest absolute Gasteiger partial charge is 0.311 e. The van der Waals surface area contributed by atoms with E-state index in [0.717, 1.165) is 0 Å². The molecule has 7 unspecified atom stereocenters. The summed E-state index contributed by atoms with van der Waals surface area (Å²) in [7, 11) is 5.03. The predicted molar refractivity (Wildman–Crippen MR) is 155 cm³/mol. The molecule has 5 N–H and O–H groups in total. The Labute approximate surface area is 255 Å². The van der Waals surface area contributed by atoms with Crippen LogP contribution in [-0.2, 0) is 28.5 Å². The van der Waals surface area contributed by atoms with Crippen molar-refractivity contribution in [3.63, 3.8) is 0 Å². The standard InChI is InChI=1S/C31H56NO11/c1-12-21-30(8,38)24(35)17(4)22(33)15(2)14-29(7,40-11)26(18(5)23(34)19(6)27(37)42-21)43-28-31(39)25(36)20(32(31,9)10)13-16(3)41-28/h15-21,23-26,28,34-36,38-39H,12-14H2,1-11H3/q+1/t15?,16-,17+,18?,19-,20+,21?,23?,24-,25?,26?,28+,29-,30-,31?/m1/s1. The Kier molecular flexibility index (Phi) is 10.6. The number of ketones is 1. The van der Waals surface area contributed by atoms with Crippen LogP contribution < -0.4 is 0 Å². The first kappa shape index (κ1) is 36.3. The summed E-state index contributed by atoms with van der Waals surface area (Å²) in [4.78, 5) is 27.0. The molecule has 43 heavy (non-hydrogen) atoms. The van der Waals surface area contributed by atoms with Crippen molar-refractivity contribution in [2.45, 2.75) is 141 Å². The van der Waals surface area contributed by atoms with Crippen molar-refractivity contribution in [3.05, 3.63) is 0 Å². The summed E-state index contributed by atoms with van der Waals surface area (Å²) < 4.78 is 24.5. The Morgan fingerprint density at radius 1 is 0.977 bits per heavy atom. The third-order valence-corrected chi connectivity index (χ3v) is 11.1. The number of cyclic esters (lactones) is 1. The Balaban J connectivity index is 2.12. The van der Waals surface area contributed by atoms with E-state index in [1.165, 1.54) is 27.9 Å². The van der Waals surface area contributed by atoms with Gasteiger partial charge in [0, 0.05) is 31.3 Å². The number of aliphatic hydroxyl groups excluding tert-OH is 3. The van der Waals surface area contributed by atoms with Gasteiger partial charge < -0.3 is 44.5 Å². The number of carbonyl (C=O) groups is 2. The summed E-state index contributed by atoms with van der Waals surface area (Å²) in [5, 5.41) is 57.0. The Morgan fingerprint density at radius 3 is 2.07 bits per heavy atom. The molecule has 0 aromatic rings. The van der Waals surface area contributed by atoms with E-state index < -0.39 is 83.4 Å². The SMILES string of the molecule is CCC1OC(=O)[C@H](C)C(O)C(C)C(O[C@@H]2O[C@H](C)C[C@H]3C(O)C2(O)[N+]3(C)C)[C@](C)(OC)CC(C)C(=O)[C@H](C)[C@@H](O)[C@]1(C)O. The van der Waals surface area contributed by atoms with Gasteiger partial charge in [-0.15, -0.1) is 0 Å². The number of ether oxygens (including phenoxy) is 4. The van der Waals surface area contributed by atoms with E-state index in [9.17, 15) is 35.1 Å². The van der Waals surface area contributed by atoms with Crippen LogP contribution in [0.15, 0.2) is 0 Å². The third kappa shape index (κ3) is 5.92. The summed E-state index contributed by atoms with van der Waals surface area (Å²) in [6, 6.07) is -0.279. The molecule has 0 amide bonds. The molecule has 2 bridgehead atoms. The van der Waals surface area contributed by atoms with E-state index in [4.69, 9.17) is 18.9 Å². The highest BCUT2D eigenvalue weighted by Gasteiger charge is 2.76. The van der Waals surface area contributed by atoms with Crippen molar-refractivity contribution >= 4 is 11.8 Å². The lowest BCUT2D eigenvalue weighted by Crippen LogP contribution is -2.87. The number of hydrogen-bond acceptors (Lipinski definition) is 11. The molecule has 4 saturated heterocycles. The predicted octanol–water partition coefficient (Wildman–Crippen LogP) is 0.732. The molecular weight excluding hydrogens is 562 g/mol. The van der Waals surface area contributed by atoms with Gasteiger partial charge in [-0.2, -0.15) is 0 Å². The first-order valence-electron chi connectivity index (χ1n) is 15.6. The summed E-state index contributed by atoms with van der Waals surface area (Å²) >= 11 is 0. The summed E-state index contributed by atoms with van der Waals surface area (Å²) in [5.74, 6) is -4.79. The van der Waals surface area contributed by atoms with Crippen molar-refractivity contribution < 1.29 is 58.6 Å². The fraction of sp³-hybridized carbons (Fsp3) is 0.935. The Morgan fingerprint density at radius 2 is 1.56 bits per heavy atom. The zero-order valence-corrected chi connectivity index (χ0v) is 27.7. The number of carbonyl (C=O) groups excluding carboxylic acids is 2. The second-order valence-corrected chi connectivity index (χ2v) is 14.4. The van der Waals surface area contributed by atoms with Gasteiger partial charge in [-0.1, -0.05) is 27.7 Å². The van der Waals surface area contributed by atoms with E-state index in [1.54, 1.807) is 41.8 Å². The van der Waals surface area contributed by atoms with Crippen LogP contribution in [0.2, 0.25) is 0 Å². The lowest BCUT2D eigenvalue weighted by molar-refractivity contribution is -1.05. The quantitative estimate of drug-likeness (QED) is 0.222. The number of nitrogens with zero attached hydrogens (tertiary/aromatic N) is 1. The van der Waals surface area contributed by atoms with Gasteiger partial charge in [0.15, 0.2) is 6.10 Å². The van der Waals surface area contributed by atoms with Gasteiger partial charge in [0.05, 0.1) is 50.0 Å².